The molecule has 0 aliphatic heterocycles. The number of nitriles is 1. The summed E-state index contributed by atoms with van der Waals surface area (Å²) in [5.41, 5.74) is 2.95. The Bertz CT molecular complexity index is 1320. The van der Waals surface area contributed by atoms with E-state index in [1.54, 1.807) is 10.9 Å². The fraction of sp³-hybridized carbons (Fsp3) is 0.381. The van der Waals surface area contributed by atoms with Crippen molar-refractivity contribution in [2.24, 2.45) is 0 Å². The Balaban J connectivity index is 1.80. The van der Waals surface area contributed by atoms with E-state index < -0.39 is 22.2 Å². The van der Waals surface area contributed by atoms with E-state index in [0.717, 1.165) is 43.6 Å². The van der Waals surface area contributed by atoms with Crippen LogP contribution in [-0.4, -0.2) is 35.2 Å². The van der Waals surface area contributed by atoms with Crippen molar-refractivity contribution in [2.45, 2.75) is 56.3 Å². The van der Waals surface area contributed by atoms with E-state index in [4.69, 9.17) is 0 Å². The fourth-order valence-electron chi connectivity index (χ4n) is 3.74. The molecule has 1 aliphatic rings. The largest absolute Gasteiger partial charge is 0.404 e. The highest BCUT2D eigenvalue weighted by Crippen LogP contribution is 2.42. The summed E-state index contributed by atoms with van der Waals surface area (Å²) in [6.45, 7) is 2.59. The van der Waals surface area contributed by atoms with Crippen LogP contribution in [0.3, 0.4) is 0 Å². The van der Waals surface area contributed by atoms with E-state index in [1.165, 1.54) is 12.1 Å². The number of hydrogen-bond acceptors (Lipinski definition) is 5. The molecule has 1 atom stereocenters. The minimum Gasteiger partial charge on any atom is -0.335 e. The first-order valence-corrected chi connectivity index (χ1v) is 11.5. The molecular weight excluding hydrogens is 443 g/mol. The topological polar surface area (TPSA) is 101 Å². The summed E-state index contributed by atoms with van der Waals surface area (Å²) in [5.74, 6) is 0. The fourth-order valence-corrected chi connectivity index (χ4v) is 4.92. The maximum Gasteiger partial charge on any atom is 0.404 e. The van der Waals surface area contributed by atoms with Crippen molar-refractivity contribution in [3.8, 4) is 17.5 Å². The lowest BCUT2D eigenvalue weighted by atomic mass is 9.92. The molecule has 1 fully saturated rings. The van der Waals surface area contributed by atoms with Gasteiger partial charge in [-0.1, -0.05) is 0 Å². The zero-order valence-electron chi connectivity index (χ0n) is 17.3. The molecule has 0 bridgehead atoms. The number of hydrogen-bond donors (Lipinski definition) is 1. The Kier molecular flexibility index (Phi) is 5.46. The molecule has 0 amide bonds. The van der Waals surface area contributed by atoms with Gasteiger partial charge in [0.2, 0.25) is 10.0 Å². The van der Waals surface area contributed by atoms with E-state index in [-0.39, 0.29) is 10.9 Å². The van der Waals surface area contributed by atoms with Gasteiger partial charge in [0.15, 0.2) is 0 Å². The van der Waals surface area contributed by atoms with Gasteiger partial charge in [0, 0.05) is 29.5 Å². The van der Waals surface area contributed by atoms with Crippen LogP contribution in [0.15, 0.2) is 35.5 Å². The molecule has 0 aromatic carbocycles. The molecule has 168 valence electrons. The molecule has 0 spiro atoms. The second-order valence-corrected chi connectivity index (χ2v) is 9.61. The van der Waals surface area contributed by atoms with Gasteiger partial charge in [-0.05, 0) is 51.3 Å². The molecule has 0 radical (unpaired) electrons. The highest BCUT2D eigenvalue weighted by molar-refractivity contribution is 7.89. The molecule has 7 nitrogen and oxygen atoms in total. The molecule has 4 rings (SSSR count). The Morgan fingerprint density at radius 3 is 2.50 bits per heavy atom. The highest BCUT2D eigenvalue weighted by Gasteiger charge is 2.39. The third kappa shape index (κ3) is 3.84. The van der Waals surface area contributed by atoms with Crippen LogP contribution >= 0.6 is 0 Å². The third-order valence-electron chi connectivity index (χ3n) is 5.69. The van der Waals surface area contributed by atoms with E-state index in [9.17, 15) is 26.9 Å². The lowest BCUT2D eigenvalue weighted by Crippen LogP contribution is -2.42. The highest BCUT2D eigenvalue weighted by atomic mass is 32.2. The van der Waals surface area contributed by atoms with Crippen molar-refractivity contribution in [1.29, 1.82) is 5.26 Å². The van der Waals surface area contributed by atoms with Gasteiger partial charge in [-0.2, -0.15) is 23.2 Å². The smallest absolute Gasteiger partial charge is 0.335 e. The van der Waals surface area contributed by atoms with E-state index in [0.29, 0.717) is 22.3 Å². The number of aryl methyl sites for hydroxylation is 1. The van der Waals surface area contributed by atoms with E-state index in [2.05, 4.69) is 16.0 Å². The molecule has 32 heavy (non-hydrogen) atoms. The van der Waals surface area contributed by atoms with E-state index >= 15 is 0 Å². The molecule has 1 aliphatic carbocycles. The summed E-state index contributed by atoms with van der Waals surface area (Å²) in [5, 5.41) is 10.5. The van der Waals surface area contributed by atoms with Crippen molar-refractivity contribution in [3.63, 3.8) is 0 Å². The van der Waals surface area contributed by atoms with Crippen LogP contribution in [0.4, 0.5) is 13.2 Å². The number of aromatic nitrogens is 3. The summed E-state index contributed by atoms with van der Waals surface area (Å²) in [6, 6.07) is 4.66. The second-order valence-electron chi connectivity index (χ2n) is 7.90. The average Bonchev–Trinajstić information content (AvgIpc) is 2.99. The van der Waals surface area contributed by atoms with Crippen LogP contribution in [0, 0.1) is 18.3 Å². The van der Waals surface area contributed by atoms with Crippen molar-refractivity contribution < 1.29 is 21.6 Å². The first-order valence-electron chi connectivity index (χ1n) is 9.99. The monoisotopic (exact) mass is 463 g/mol. The zero-order valence-corrected chi connectivity index (χ0v) is 18.1. The summed E-state index contributed by atoms with van der Waals surface area (Å²) < 4.78 is 66.7. The Labute approximate surface area is 183 Å². The summed E-state index contributed by atoms with van der Waals surface area (Å²) in [7, 11) is -4.42. The lowest BCUT2D eigenvalue weighted by molar-refractivity contribution is -0.147. The van der Waals surface area contributed by atoms with Crippen LogP contribution in [0.5, 0.6) is 0 Å². The van der Waals surface area contributed by atoms with Crippen molar-refractivity contribution >= 4 is 20.9 Å². The minimum atomic E-state index is -4.71. The van der Waals surface area contributed by atoms with Gasteiger partial charge in [-0.25, -0.2) is 8.42 Å². The number of nitrogens with zero attached hydrogens (tertiary/aromatic N) is 4. The minimum absolute atomic E-state index is 0.177. The first kappa shape index (κ1) is 22.2. The molecule has 3 aromatic rings. The number of halogens is 3. The molecule has 11 heteroatoms. The van der Waals surface area contributed by atoms with Gasteiger partial charge in [-0.3, -0.25) is 9.97 Å². The van der Waals surface area contributed by atoms with Crippen LogP contribution in [0.1, 0.15) is 43.5 Å². The van der Waals surface area contributed by atoms with Gasteiger partial charge >= 0.3 is 6.18 Å². The Morgan fingerprint density at radius 1 is 1.25 bits per heavy atom. The van der Waals surface area contributed by atoms with Crippen LogP contribution < -0.4 is 4.72 Å². The second kappa shape index (κ2) is 7.86. The van der Waals surface area contributed by atoms with Gasteiger partial charge in [-0.15, -0.1) is 0 Å². The van der Waals surface area contributed by atoms with Crippen molar-refractivity contribution in [3.05, 3.63) is 41.9 Å². The van der Waals surface area contributed by atoms with Crippen LogP contribution in [0.2, 0.25) is 0 Å². The van der Waals surface area contributed by atoms with E-state index in [1.807, 2.05) is 17.6 Å². The summed E-state index contributed by atoms with van der Waals surface area (Å²) >= 11 is 0. The van der Waals surface area contributed by atoms with Crippen molar-refractivity contribution in [2.75, 3.05) is 0 Å². The average molecular weight is 463 g/mol. The van der Waals surface area contributed by atoms with Gasteiger partial charge in [0.25, 0.3) is 0 Å². The Morgan fingerprint density at radius 2 is 1.97 bits per heavy atom. The Hall–Kier alpha value is -2.97. The quantitative estimate of drug-likeness (QED) is 0.610. The predicted molar refractivity (Wildman–Crippen MR) is 111 cm³/mol. The van der Waals surface area contributed by atoms with Gasteiger partial charge in [0.05, 0.1) is 22.5 Å². The first-order chi connectivity index (χ1) is 15.0. The number of pyridine rings is 2. The number of rotatable bonds is 5. The number of alkyl halides is 3. The lowest BCUT2D eigenvalue weighted by Gasteiger charge is -2.30. The molecule has 3 heterocycles. The molecule has 3 aromatic heterocycles. The summed E-state index contributed by atoms with van der Waals surface area (Å²) in [4.78, 5) is 8.13. The maximum atomic E-state index is 12.8. The molecule has 1 N–H and O–H groups in total. The predicted octanol–water partition coefficient (Wildman–Crippen LogP) is 4.23. The van der Waals surface area contributed by atoms with Crippen molar-refractivity contribution in [1.82, 2.24) is 19.3 Å². The normalized spacial score (nSPS) is 16.0. The van der Waals surface area contributed by atoms with Crippen LogP contribution in [0.25, 0.3) is 22.3 Å². The number of sulfonamides is 1. The number of nitrogens with one attached hydrogen (secondary N) is 1. The van der Waals surface area contributed by atoms with Crippen LogP contribution in [-0.2, 0) is 10.0 Å². The summed E-state index contributed by atoms with van der Waals surface area (Å²) in [6.07, 6.45) is 0.877. The van der Waals surface area contributed by atoms with Gasteiger partial charge in [0.1, 0.15) is 17.0 Å². The molecular formula is C21H20F3N5O2S. The zero-order chi connectivity index (χ0) is 23.3. The molecule has 0 unspecified atom stereocenters. The molecule has 0 saturated heterocycles. The molecule has 1 saturated carbocycles. The standard InChI is InChI=1S/C21H20F3N5O2S/c1-12-8-19-17(11-26-12)16(9-25)20(29(19)14-4-3-5-14)18-7-6-15(10-27-18)32(30,31)28-13(2)21(22,23)24/h6-8,10-11,13-14,28H,3-5H2,1-2H3/t13-/m0/s1. The van der Waals surface area contributed by atoms with Gasteiger partial charge < -0.3 is 4.57 Å². The number of fused-ring (bicyclic) bond motifs is 1. The maximum absolute atomic E-state index is 12.8. The SMILES string of the molecule is Cc1cc2c(cn1)c(C#N)c(-c1ccc(S(=O)(=O)N[C@@H](C)C(F)(F)F)cn1)n2C1CCC1. The third-order valence-corrected chi connectivity index (χ3v) is 7.22.